The Hall–Kier alpha value is -2.43. The van der Waals surface area contributed by atoms with E-state index in [1.165, 1.54) is 31.2 Å². The molecule has 2 aromatic carbocycles. The second kappa shape index (κ2) is 6.35. The lowest BCUT2D eigenvalue weighted by Crippen LogP contribution is -2.08. The van der Waals surface area contributed by atoms with Gasteiger partial charge in [-0.25, -0.2) is 8.78 Å². The van der Waals surface area contributed by atoms with Crippen LogP contribution in [0.1, 0.15) is 18.1 Å². The van der Waals surface area contributed by atoms with E-state index in [0.717, 1.165) is 5.56 Å². The second-order valence-electron chi connectivity index (χ2n) is 4.82. The van der Waals surface area contributed by atoms with Crippen LogP contribution in [0.2, 0.25) is 0 Å². The van der Waals surface area contributed by atoms with Crippen molar-refractivity contribution in [3.05, 3.63) is 59.2 Å². The predicted octanol–water partition coefficient (Wildman–Crippen LogP) is 3.84. The normalized spacial score (nSPS) is 10.3. The Morgan fingerprint density at radius 2 is 1.81 bits per heavy atom. The van der Waals surface area contributed by atoms with Crippen LogP contribution in [0.15, 0.2) is 36.4 Å². The van der Waals surface area contributed by atoms with Crippen LogP contribution in [0.5, 0.6) is 0 Å². The minimum absolute atomic E-state index is 0.0946. The van der Waals surface area contributed by atoms with E-state index in [1.807, 2.05) is 6.92 Å². The van der Waals surface area contributed by atoms with E-state index in [9.17, 15) is 13.6 Å². The van der Waals surface area contributed by atoms with E-state index in [2.05, 4.69) is 10.6 Å². The van der Waals surface area contributed by atoms with Crippen LogP contribution in [-0.2, 0) is 11.3 Å². The maximum atomic E-state index is 13.6. The third kappa shape index (κ3) is 4.02. The van der Waals surface area contributed by atoms with E-state index < -0.39 is 5.82 Å². The number of nitrogens with one attached hydrogen (secondary N) is 2. The first kappa shape index (κ1) is 15.0. The lowest BCUT2D eigenvalue weighted by Gasteiger charge is -2.11. The molecule has 3 nitrogen and oxygen atoms in total. The van der Waals surface area contributed by atoms with Gasteiger partial charge in [0.2, 0.25) is 5.91 Å². The molecule has 0 aliphatic heterocycles. The smallest absolute Gasteiger partial charge is 0.221 e. The fraction of sp³-hybridized carbons (Fsp3) is 0.188. The SMILES string of the molecule is CC(=O)Nc1cc(NCc2cc(C)ccc2F)ccc1F. The molecule has 0 atom stereocenters. The summed E-state index contributed by atoms with van der Waals surface area (Å²) in [6, 6.07) is 9.13. The zero-order valence-electron chi connectivity index (χ0n) is 11.8. The Labute approximate surface area is 122 Å². The van der Waals surface area contributed by atoms with E-state index in [0.29, 0.717) is 11.3 Å². The molecule has 0 saturated heterocycles. The maximum Gasteiger partial charge on any atom is 0.221 e. The Bertz CT molecular complexity index is 671. The third-order valence-electron chi connectivity index (χ3n) is 2.96. The molecular formula is C16H16F2N2O. The number of hydrogen-bond acceptors (Lipinski definition) is 2. The second-order valence-corrected chi connectivity index (χ2v) is 4.82. The molecule has 0 heterocycles. The monoisotopic (exact) mass is 290 g/mol. The van der Waals surface area contributed by atoms with Gasteiger partial charge in [-0.05, 0) is 31.2 Å². The summed E-state index contributed by atoms with van der Waals surface area (Å²) in [5, 5.41) is 5.42. The summed E-state index contributed by atoms with van der Waals surface area (Å²) in [5.41, 5.74) is 2.19. The van der Waals surface area contributed by atoms with Crippen molar-refractivity contribution in [2.24, 2.45) is 0 Å². The van der Waals surface area contributed by atoms with Gasteiger partial charge in [-0.1, -0.05) is 17.7 Å². The van der Waals surface area contributed by atoms with Crippen LogP contribution in [0, 0.1) is 18.6 Å². The molecule has 21 heavy (non-hydrogen) atoms. The number of carbonyl (C=O) groups is 1. The predicted molar refractivity (Wildman–Crippen MR) is 79.2 cm³/mol. The highest BCUT2D eigenvalue weighted by Crippen LogP contribution is 2.21. The summed E-state index contributed by atoms with van der Waals surface area (Å²) < 4.78 is 27.1. The summed E-state index contributed by atoms with van der Waals surface area (Å²) in [6.07, 6.45) is 0. The first-order chi connectivity index (χ1) is 9.95. The summed E-state index contributed by atoms with van der Waals surface area (Å²) >= 11 is 0. The highest BCUT2D eigenvalue weighted by molar-refractivity contribution is 5.89. The minimum atomic E-state index is -0.516. The molecule has 0 bridgehead atoms. The van der Waals surface area contributed by atoms with Gasteiger partial charge in [-0.2, -0.15) is 0 Å². The topological polar surface area (TPSA) is 41.1 Å². The molecule has 0 saturated carbocycles. The van der Waals surface area contributed by atoms with Crippen LogP contribution >= 0.6 is 0 Å². The van der Waals surface area contributed by atoms with E-state index in [4.69, 9.17) is 0 Å². The van der Waals surface area contributed by atoms with Crippen LogP contribution in [0.3, 0.4) is 0 Å². The number of aryl methyl sites for hydroxylation is 1. The van der Waals surface area contributed by atoms with Crippen LogP contribution < -0.4 is 10.6 Å². The Morgan fingerprint density at radius 3 is 2.52 bits per heavy atom. The van der Waals surface area contributed by atoms with Crippen molar-refractivity contribution in [2.45, 2.75) is 20.4 Å². The fourth-order valence-corrected chi connectivity index (χ4v) is 1.96. The van der Waals surface area contributed by atoms with Gasteiger partial charge in [0.25, 0.3) is 0 Å². The molecule has 0 aliphatic carbocycles. The molecule has 2 N–H and O–H groups in total. The number of carbonyl (C=O) groups excluding carboxylic acids is 1. The van der Waals surface area contributed by atoms with Gasteiger partial charge in [0, 0.05) is 24.7 Å². The standard InChI is InChI=1S/C16H16F2N2O/c1-10-3-5-14(17)12(7-10)9-19-13-4-6-15(18)16(8-13)20-11(2)21/h3-8,19H,9H2,1-2H3,(H,20,21). The van der Waals surface area contributed by atoms with E-state index >= 15 is 0 Å². The number of benzene rings is 2. The lowest BCUT2D eigenvalue weighted by molar-refractivity contribution is -0.114. The molecule has 1 amide bonds. The Kier molecular flexibility index (Phi) is 4.52. The van der Waals surface area contributed by atoms with Crippen molar-refractivity contribution in [1.82, 2.24) is 0 Å². The molecule has 0 aliphatic rings. The first-order valence-corrected chi connectivity index (χ1v) is 6.52. The van der Waals surface area contributed by atoms with Gasteiger partial charge in [0.1, 0.15) is 11.6 Å². The van der Waals surface area contributed by atoms with Crippen molar-refractivity contribution >= 4 is 17.3 Å². The van der Waals surface area contributed by atoms with Crippen molar-refractivity contribution in [3.63, 3.8) is 0 Å². The van der Waals surface area contributed by atoms with Crippen molar-refractivity contribution in [1.29, 1.82) is 0 Å². The van der Waals surface area contributed by atoms with E-state index in [-0.39, 0.29) is 24.0 Å². The molecule has 0 fully saturated rings. The molecule has 2 rings (SSSR count). The Morgan fingerprint density at radius 1 is 1.10 bits per heavy atom. The van der Waals surface area contributed by atoms with Gasteiger partial charge in [-0.3, -0.25) is 4.79 Å². The van der Waals surface area contributed by atoms with Crippen molar-refractivity contribution < 1.29 is 13.6 Å². The molecule has 2 aromatic rings. The van der Waals surface area contributed by atoms with Crippen LogP contribution in [0.25, 0.3) is 0 Å². The number of hydrogen-bond donors (Lipinski definition) is 2. The third-order valence-corrected chi connectivity index (χ3v) is 2.96. The van der Waals surface area contributed by atoms with Gasteiger partial charge in [0.05, 0.1) is 5.69 Å². The summed E-state index contributed by atoms with van der Waals surface area (Å²) in [4.78, 5) is 11.0. The zero-order valence-corrected chi connectivity index (χ0v) is 11.8. The summed E-state index contributed by atoms with van der Waals surface area (Å²) in [6.45, 7) is 3.47. The quantitative estimate of drug-likeness (QED) is 0.898. The molecule has 110 valence electrons. The number of rotatable bonds is 4. The molecular weight excluding hydrogens is 274 g/mol. The lowest BCUT2D eigenvalue weighted by atomic mass is 10.1. The van der Waals surface area contributed by atoms with Gasteiger partial charge in [0.15, 0.2) is 0 Å². The maximum absolute atomic E-state index is 13.6. The van der Waals surface area contributed by atoms with Crippen molar-refractivity contribution in [2.75, 3.05) is 10.6 Å². The van der Waals surface area contributed by atoms with Gasteiger partial charge in [-0.15, -0.1) is 0 Å². The van der Waals surface area contributed by atoms with Gasteiger partial charge < -0.3 is 10.6 Å². The summed E-state index contributed by atoms with van der Waals surface area (Å²) in [5.74, 6) is -1.16. The van der Waals surface area contributed by atoms with Crippen LogP contribution in [-0.4, -0.2) is 5.91 Å². The average Bonchev–Trinajstić information content (AvgIpc) is 2.42. The molecule has 5 heteroatoms. The highest BCUT2D eigenvalue weighted by atomic mass is 19.1. The highest BCUT2D eigenvalue weighted by Gasteiger charge is 2.06. The fourth-order valence-electron chi connectivity index (χ4n) is 1.96. The number of anilines is 2. The minimum Gasteiger partial charge on any atom is -0.381 e. The first-order valence-electron chi connectivity index (χ1n) is 6.52. The molecule has 0 spiro atoms. The van der Waals surface area contributed by atoms with Crippen molar-refractivity contribution in [3.8, 4) is 0 Å². The van der Waals surface area contributed by atoms with Gasteiger partial charge >= 0.3 is 0 Å². The number of amides is 1. The zero-order chi connectivity index (χ0) is 15.4. The van der Waals surface area contributed by atoms with Crippen LogP contribution in [0.4, 0.5) is 20.2 Å². The molecule has 0 radical (unpaired) electrons. The number of halogens is 2. The van der Waals surface area contributed by atoms with E-state index in [1.54, 1.807) is 12.1 Å². The molecule has 0 unspecified atom stereocenters. The largest absolute Gasteiger partial charge is 0.381 e. The average molecular weight is 290 g/mol. The molecule has 0 aromatic heterocycles. The summed E-state index contributed by atoms with van der Waals surface area (Å²) in [7, 11) is 0. The Balaban J connectivity index is 2.13.